The van der Waals surface area contributed by atoms with Crippen LogP contribution in [-0.2, 0) is 0 Å². The molecule has 26 heavy (non-hydrogen) atoms. The van der Waals surface area contributed by atoms with E-state index in [1.165, 1.54) is 7.05 Å². The molecule has 3 amide bonds. The number of anilines is 1. The number of carbonyl (C=O) groups is 3. The second kappa shape index (κ2) is 6.68. The van der Waals surface area contributed by atoms with Crippen LogP contribution in [0.1, 0.15) is 42.2 Å². The number of thiocarbonyl (C=S) groups is 1. The van der Waals surface area contributed by atoms with E-state index < -0.39 is 0 Å². The van der Waals surface area contributed by atoms with Crippen LogP contribution in [0.3, 0.4) is 0 Å². The van der Waals surface area contributed by atoms with E-state index in [1.807, 2.05) is 26.0 Å². The van der Waals surface area contributed by atoms with Gasteiger partial charge in [0.15, 0.2) is 5.11 Å². The fourth-order valence-corrected chi connectivity index (χ4v) is 3.05. The maximum absolute atomic E-state index is 12.4. The lowest BCUT2D eigenvalue weighted by molar-refractivity contribution is 0.0692. The lowest BCUT2D eigenvalue weighted by Crippen LogP contribution is -2.34. The number of nitrogens with one attached hydrogen (secondary N) is 2. The van der Waals surface area contributed by atoms with E-state index in [0.717, 1.165) is 16.0 Å². The van der Waals surface area contributed by atoms with Crippen LogP contribution in [0.25, 0.3) is 0 Å². The number of imide groups is 1. The van der Waals surface area contributed by atoms with E-state index in [9.17, 15) is 14.4 Å². The molecule has 0 fully saturated rings. The third-order valence-electron chi connectivity index (χ3n) is 4.20. The summed E-state index contributed by atoms with van der Waals surface area (Å²) in [5.74, 6) is -1.01. The van der Waals surface area contributed by atoms with Gasteiger partial charge in [0.05, 0.1) is 11.1 Å². The Morgan fingerprint density at radius 3 is 2.38 bits per heavy atom. The van der Waals surface area contributed by atoms with Crippen LogP contribution in [0.4, 0.5) is 5.69 Å². The molecule has 0 saturated heterocycles. The summed E-state index contributed by atoms with van der Waals surface area (Å²) in [7, 11) is 1.44. The van der Waals surface area contributed by atoms with E-state index in [0.29, 0.717) is 22.4 Å². The lowest BCUT2D eigenvalue weighted by atomic mass is 10.1. The summed E-state index contributed by atoms with van der Waals surface area (Å²) in [5.41, 5.74) is 3.65. The third-order valence-corrected chi connectivity index (χ3v) is 4.41. The largest absolute Gasteiger partial charge is 0.332 e. The monoisotopic (exact) mass is 367 g/mol. The predicted octanol–water partition coefficient (Wildman–Crippen LogP) is 2.66. The van der Waals surface area contributed by atoms with Gasteiger partial charge in [0.25, 0.3) is 17.7 Å². The van der Waals surface area contributed by atoms with Gasteiger partial charge in [0.2, 0.25) is 0 Å². The Morgan fingerprint density at radius 1 is 1.00 bits per heavy atom. The number of rotatable bonds is 2. The maximum Gasteiger partial charge on any atom is 0.261 e. The number of aryl methyl sites for hydroxylation is 2. The van der Waals surface area contributed by atoms with Gasteiger partial charge in [-0.2, -0.15) is 0 Å². The minimum absolute atomic E-state index is 0.111. The summed E-state index contributed by atoms with van der Waals surface area (Å²) in [5, 5.41) is 5.60. The Balaban J connectivity index is 1.72. The van der Waals surface area contributed by atoms with Crippen LogP contribution in [0.2, 0.25) is 0 Å². The summed E-state index contributed by atoms with van der Waals surface area (Å²) in [6.45, 7) is 3.82. The molecule has 3 rings (SSSR count). The van der Waals surface area contributed by atoms with Crippen molar-refractivity contribution in [3.8, 4) is 0 Å². The van der Waals surface area contributed by atoms with Crippen molar-refractivity contribution in [1.29, 1.82) is 0 Å². The van der Waals surface area contributed by atoms with Crippen LogP contribution in [0.15, 0.2) is 36.4 Å². The van der Waals surface area contributed by atoms with Gasteiger partial charge in [0.1, 0.15) is 0 Å². The van der Waals surface area contributed by atoms with Gasteiger partial charge in [-0.3, -0.25) is 24.6 Å². The molecule has 0 bridgehead atoms. The molecule has 2 N–H and O–H groups in total. The van der Waals surface area contributed by atoms with Gasteiger partial charge in [-0.1, -0.05) is 17.7 Å². The zero-order valence-electron chi connectivity index (χ0n) is 14.5. The van der Waals surface area contributed by atoms with E-state index in [-0.39, 0.29) is 22.8 Å². The minimum Gasteiger partial charge on any atom is -0.332 e. The summed E-state index contributed by atoms with van der Waals surface area (Å²) >= 11 is 5.18. The molecule has 0 spiro atoms. The number of carbonyl (C=O) groups excluding carboxylic acids is 3. The van der Waals surface area contributed by atoms with Crippen LogP contribution in [0, 0.1) is 13.8 Å². The fourth-order valence-electron chi connectivity index (χ4n) is 2.84. The molecule has 0 saturated carbocycles. The van der Waals surface area contributed by atoms with Crippen molar-refractivity contribution in [2.45, 2.75) is 13.8 Å². The summed E-state index contributed by atoms with van der Waals surface area (Å²) in [6, 6.07) is 10.3. The molecular formula is C19H17N3O3S. The van der Waals surface area contributed by atoms with E-state index in [2.05, 4.69) is 10.6 Å². The topological polar surface area (TPSA) is 78.5 Å². The average molecular weight is 367 g/mol. The van der Waals surface area contributed by atoms with Gasteiger partial charge < -0.3 is 5.32 Å². The second-order valence-electron chi connectivity index (χ2n) is 6.16. The van der Waals surface area contributed by atoms with Crippen molar-refractivity contribution in [2.24, 2.45) is 0 Å². The van der Waals surface area contributed by atoms with Gasteiger partial charge in [-0.05, 0) is 55.9 Å². The second-order valence-corrected chi connectivity index (χ2v) is 6.56. The first-order valence-corrected chi connectivity index (χ1v) is 8.35. The SMILES string of the molecule is Cc1ccc(C(=O)NC(=S)Nc2ccc3c(c2)C(=O)N(C)C3=O)c(C)c1. The highest BCUT2D eigenvalue weighted by atomic mass is 32.1. The molecule has 6 nitrogen and oxygen atoms in total. The standard InChI is InChI=1S/C19H17N3O3S/c1-10-4-6-13(11(2)8-10)16(23)21-19(26)20-12-5-7-14-15(9-12)18(25)22(3)17(14)24/h4-9H,1-3H3,(H2,20,21,23,26). The molecule has 1 aliphatic heterocycles. The maximum atomic E-state index is 12.4. The molecule has 1 heterocycles. The van der Waals surface area contributed by atoms with E-state index in [1.54, 1.807) is 24.3 Å². The molecule has 7 heteroatoms. The Kier molecular flexibility index (Phi) is 4.56. The Bertz CT molecular complexity index is 968. The molecule has 0 atom stereocenters. The number of fused-ring (bicyclic) bond motifs is 1. The molecule has 2 aromatic rings. The van der Waals surface area contributed by atoms with Crippen LogP contribution in [0.5, 0.6) is 0 Å². The highest BCUT2D eigenvalue weighted by Crippen LogP contribution is 2.24. The number of nitrogens with zero attached hydrogens (tertiary/aromatic N) is 1. The predicted molar refractivity (Wildman–Crippen MR) is 102 cm³/mol. The number of benzene rings is 2. The summed E-state index contributed by atoms with van der Waals surface area (Å²) in [6.07, 6.45) is 0. The molecule has 0 aliphatic carbocycles. The number of hydrogen-bond donors (Lipinski definition) is 2. The Labute approximate surface area is 156 Å². The smallest absolute Gasteiger partial charge is 0.261 e. The van der Waals surface area contributed by atoms with Gasteiger partial charge in [0, 0.05) is 18.3 Å². The highest BCUT2D eigenvalue weighted by molar-refractivity contribution is 7.80. The van der Waals surface area contributed by atoms with Gasteiger partial charge >= 0.3 is 0 Å². The number of hydrogen-bond acceptors (Lipinski definition) is 4. The van der Waals surface area contributed by atoms with Crippen molar-refractivity contribution in [1.82, 2.24) is 10.2 Å². The fraction of sp³-hybridized carbons (Fsp3) is 0.158. The molecular weight excluding hydrogens is 350 g/mol. The van der Waals surface area contributed by atoms with Gasteiger partial charge in [-0.15, -0.1) is 0 Å². The van der Waals surface area contributed by atoms with Crippen molar-refractivity contribution < 1.29 is 14.4 Å². The third kappa shape index (κ3) is 3.21. The molecule has 0 radical (unpaired) electrons. The van der Waals surface area contributed by atoms with Crippen molar-refractivity contribution in [3.63, 3.8) is 0 Å². The van der Waals surface area contributed by atoms with Crippen LogP contribution >= 0.6 is 12.2 Å². The van der Waals surface area contributed by atoms with E-state index >= 15 is 0 Å². The van der Waals surface area contributed by atoms with Crippen molar-refractivity contribution in [3.05, 3.63) is 64.2 Å². The molecule has 0 aromatic heterocycles. The van der Waals surface area contributed by atoms with Crippen LogP contribution < -0.4 is 10.6 Å². The first-order chi connectivity index (χ1) is 12.3. The molecule has 0 unspecified atom stereocenters. The lowest BCUT2D eigenvalue weighted by Gasteiger charge is -2.11. The Hall–Kier alpha value is -3.06. The average Bonchev–Trinajstić information content (AvgIpc) is 2.79. The van der Waals surface area contributed by atoms with Crippen LogP contribution in [-0.4, -0.2) is 34.8 Å². The molecule has 132 valence electrons. The number of amides is 3. The molecule has 1 aliphatic rings. The summed E-state index contributed by atoms with van der Waals surface area (Å²) < 4.78 is 0. The first-order valence-electron chi connectivity index (χ1n) is 7.94. The van der Waals surface area contributed by atoms with Crippen molar-refractivity contribution >= 4 is 40.7 Å². The van der Waals surface area contributed by atoms with Gasteiger partial charge in [-0.25, -0.2) is 0 Å². The zero-order chi connectivity index (χ0) is 19.0. The van der Waals surface area contributed by atoms with E-state index in [4.69, 9.17) is 12.2 Å². The summed E-state index contributed by atoms with van der Waals surface area (Å²) in [4.78, 5) is 37.4. The first kappa shape index (κ1) is 17.8. The zero-order valence-corrected chi connectivity index (χ0v) is 15.4. The van der Waals surface area contributed by atoms with Crippen molar-refractivity contribution in [2.75, 3.05) is 12.4 Å². The minimum atomic E-state index is -0.362. The normalized spacial score (nSPS) is 12.8. The quantitative estimate of drug-likeness (QED) is 0.630. The molecule has 2 aromatic carbocycles. The Morgan fingerprint density at radius 2 is 1.69 bits per heavy atom. The highest BCUT2D eigenvalue weighted by Gasteiger charge is 2.32.